The van der Waals surface area contributed by atoms with Crippen molar-refractivity contribution >= 4 is 35.0 Å². The van der Waals surface area contributed by atoms with Crippen molar-refractivity contribution in [2.75, 3.05) is 37.5 Å². The van der Waals surface area contributed by atoms with Gasteiger partial charge in [-0.25, -0.2) is 0 Å². The zero-order valence-corrected chi connectivity index (χ0v) is 11.6. The van der Waals surface area contributed by atoms with Crippen molar-refractivity contribution in [2.45, 2.75) is 0 Å². The fourth-order valence-corrected chi connectivity index (χ4v) is 2.02. The molecule has 1 aromatic carbocycles. The maximum Gasteiger partial charge on any atom is 0.238 e. The fraction of sp³-hybridized carbons (Fsp3) is 0.417. The fourth-order valence-electron chi connectivity index (χ4n) is 1.34. The number of benzene rings is 1. The van der Waals surface area contributed by atoms with Crippen LogP contribution < -0.4 is 5.32 Å². The molecule has 0 heterocycles. The Kier molecular flexibility index (Phi) is 6.40. The SMILES string of the molecule is CSCCN(C)CC(=O)Nc1cccc(Cl)c1. The van der Waals surface area contributed by atoms with Crippen molar-refractivity contribution in [3.8, 4) is 0 Å². The Bertz CT molecular complexity index is 373. The van der Waals surface area contributed by atoms with Crippen molar-refractivity contribution in [1.29, 1.82) is 0 Å². The van der Waals surface area contributed by atoms with E-state index in [4.69, 9.17) is 11.6 Å². The highest BCUT2D eigenvalue weighted by atomic mass is 35.5. The molecule has 0 unspecified atom stereocenters. The molecule has 0 aromatic heterocycles. The summed E-state index contributed by atoms with van der Waals surface area (Å²) < 4.78 is 0. The van der Waals surface area contributed by atoms with Gasteiger partial charge in [0.05, 0.1) is 6.54 Å². The highest BCUT2D eigenvalue weighted by Crippen LogP contribution is 2.14. The molecule has 0 aliphatic carbocycles. The van der Waals surface area contributed by atoms with Crippen LogP contribution in [0.25, 0.3) is 0 Å². The van der Waals surface area contributed by atoms with Gasteiger partial charge in [-0.1, -0.05) is 17.7 Å². The summed E-state index contributed by atoms with van der Waals surface area (Å²) in [5.74, 6) is 1.01. The lowest BCUT2D eigenvalue weighted by molar-refractivity contribution is -0.117. The van der Waals surface area contributed by atoms with E-state index in [9.17, 15) is 4.79 Å². The molecule has 0 spiro atoms. The van der Waals surface area contributed by atoms with Gasteiger partial charge < -0.3 is 5.32 Å². The predicted octanol–water partition coefficient (Wildman–Crippen LogP) is 2.57. The molecule has 3 nitrogen and oxygen atoms in total. The highest BCUT2D eigenvalue weighted by Gasteiger charge is 2.06. The van der Waals surface area contributed by atoms with Crippen LogP contribution in [0.5, 0.6) is 0 Å². The largest absolute Gasteiger partial charge is 0.325 e. The number of halogens is 1. The molecule has 5 heteroatoms. The summed E-state index contributed by atoms with van der Waals surface area (Å²) in [5.41, 5.74) is 0.737. The summed E-state index contributed by atoms with van der Waals surface area (Å²) in [7, 11) is 1.94. The Morgan fingerprint density at radius 2 is 2.29 bits per heavy atom. The topological polar surface area (TPSA) is 32.3 Å². The molecule has 17 heavy (non-hydrogen) atoms. The lowest BCUT2D eigenvalue weighted by atomic mass is 10.3. The van der Waals surface area contributed by atoms with Crippen LogP contribution in [0.2, 0.25) is 5.02 Å². The molecule has 0 saturated carbocycles. The van der Waals surface area contributed by atoms with E-state index in [1.165, 1.54) is 0 Å². The Morgan fingerprint density at radius 3 is 2.94 bits per heavy atom. The van der Waals surface area contributed by atoms with E-state index in [1.807, 2.05) is 24.1 Å². The average molecular weight is 273 g/mol. The van der Waals surface area contributed by atoms with E-state index in [1.54, 1.807) is 23.9 Å². The number of carbonyl (C=O) groups is 1. The molecular formula is C12H17ClN2OS. The van der Waals surface area contributed by atoms with Gasteiger partial charge in [-0.15, -0.1) is 0 Å². The zero-order valence-electron chi connectivity index (χ0n) is 10.1. The lowest BCUT2D eigenvalue weighted by Gasteiger charge is -2.15. The molecule has 0 radical (unpaired) electrons. The van der Waals surface area contributed by atoms with Gasteiger partial charge >= 0.3 is 0 Å². The number of thioether (sulfide) groups is 1. The van der Waals surface area contributed by atoms with E-state index in [0.717, 1.165) is 18.0 Å². The van der Waals surface area contributed by atoms with Gasteiger partial charge in [0, 0.05) is 23.0 Å². The molecule has 0 aliphatic heterocycles. The van der Waals surface area contributed by atoms with E-state index >= 15 is 0 Å². The number of amides is 1. The Hall–Kier alpha value is -0.710. The first-order valence-electron chi connectivity index (χ1n) is 5.34. The Balaban J connectivity index is 2.39. The summed E-state index contributed by atoms with van der Waals surface area (Å²) in [6, 6.07) is 7.16. The molecule has 0 aliphatic rings. The first-order chi connectivity index (χ1) is 8.11. The predicted molar refractivity (Wildman–Crippen MR) is 76.0 cm³/mol. The minimum Gasteiger partial charge on any atom is -0.325 e. The minimum absolute atomic E-state index is 0.0177. The van der Waals surface area contributed by atoms with Gasteiger partial charge in [0.15, 0.2) is 0 Å². The van der Waals surface area contributed by atoms with Gasteiger partial charge in [0.2, 0.25) is 5.91 Å². The van der Waals surface area contributed by atoms with Gasteiger partial charge in [0.25, 0.3) is 0 Å². The number of hydrogen-bond acceptors (Lipinski definition) is 3. The van der Waals surface area contributed by atoms with Crippen molar-refractivity contribution in [1.82, 2.24) is 4.90 Å². The molecule has 0 bridgehead atoms. The molecule has 94 valence electrons. The summed E-state index contributed by atoms with van der Waals surface area (Å²) >= 11 is 7.61. The van der Waals surface area contributed by atoms with Crippen LogP contribution in [0, 0.1) is 0 Å². The highest BCUT2D eigenvalue weighted by molar-refractivity contribution is 7.98. The van der Waals surface area contributed by atoms with Gasteiger partial charge in [-0.05, 0) is 31.5 Å². The van der Waals surface area contributed by atoms with Crippen LogP contribution in [0.4, 0.5) is 5.69 Å². The summed E-state index contributed by atoms with van der Waals surface area (Å²) in [6.45, 7) is 1.30. The molecule has 0 atom stereocenters. The summed E-state index contributed by atoms with van der Waals surface area (Å²) in [4.78, 5) is 13.7. The maximum atomic E-state index is 11.7. The van der Waals surface area contributed by atoms with E-state index in [0.29, 0.717) is 11.6 Å². The Labute approximate surface area is 112 Å². The van der Waals surface area contributed by atoms with E-state index < -0.39 is 0 Å². The minimum atomic E-state index is -0.0177. The van der Waals surface area contributed by atoms with Crippen LogP contribution in [-0.2, 0) is 4.79 Å². The molecule has 1 rings (SSSR count). The number of carbonyl (C=O) groups excluding carboxylic acids is 1. The summed E-state index contributed by atoms with van der Waals surface area (Å²) in [5, 5.41) is 3.44. The van der Waals surface area contributed by atoms with Crippen LogP contribution >= 0.6 is 23.4 Å². The van der Waals surface area contributed by atoms with E-state index in [-0.39, 0.29) is 5.91 Å². The first-order valence-corrected chi connectivity index (χ1v) is 7.12. The zero-order chi connectivity index (χ0) is 12.7. The van der Waals surface area contributed by atoms with Crippen LogP contribution in [0.3, 0.4) is 0 Å². The number of hydrogen-bond donors (Lipinski definition) is 1. The quantitative estimate of drug-likeness (QED) is 0.864. The maximum absolute atomic E-state index is 11.7. The molecule has 1 aromatic rings. The monoisotopic (exact) mass is 272 g/mol. The van der Waals surface area contributed by atoms with Gasteiger partial charge in [-0.3, -0.25) is 9.69 Å². The standard InChI is InChI=1S/C12H17ClN2OS/c1-15(6-7-17-2)9-12(16)14-11-5-3-4-10(13)8-11/h3-5,8H,6-7,9H2,1-2H3,(H,14,16). The van der Waals surface area contributed by atoms with Crippen molar-refractivity contribution < 1.29 is 4.79 Å². The number of rotatable bonds is 6. The normalized spacial score (nSPS) is 10.6. The lowest BCUT2D eigenvalue weighted by Crippen LogP contribution is -2.31. The van der Waals surface area contributed by atoms with Gasteiger partial charge in [-0.2, -0.15) is 11.8 Å². The van der Waals surface area contributed by atoms with Crippen molar-refractivity contribution in [3.05, 3.63) is 29.3 Å². The first kappa shape index (κ1) is 14.4. The molecule has 0 fully saturated rings. The third kappa shape index (κ3) is 5.96. The van der Waals surface area contributed by atoms with Gasteiger partial charge in [0.1, 0.15) is 0 Å². The average Bonchev–Trinajstić information content (AvgIpc) is 2.26. The Morgan fingerprint density at radius 1 is 1.53 bits per heavy atom. The number of nitrogens with one attached hydrogen (secondary N) is 1. The van der Waals surface area contributed by atoms with Crippen molar-refractivity contribution in [2.24, 2.45) is 0 Å². The number of nitrogens with zero attached hydrogens (tertiary/aromatic N) is 1. The third-order valence-corrected chi connectivity index (χ3v) is 3.02. The summed E-state index contributed by atoms with van der Waals surface area (Å²) in [6.07, 6.45) is 2.06. The smallest absolute Gasteiger partial charge is 0.238 e. The van der Waals surface area contributed by atoms with Crippen LogP contribution in [-0.4, -0.2) is 43.0 Å². The molecular weight excluding hydrogens is 256 g/mol. The second kappa shape index (κ2) is 7.58. The number of likely N-dealkylation sites (N-methyl/N-ethyl adjacent to an activating group) is 1. The third-order valence-electron chi connectivity index (χ3n) is 2.20. The second-order valence-corrected chi connectivity index (χ2v) is 5.21. The van der Waals surface area contributed by atoms with E-state index in [2.05, 4.69) is 11.6 Å². The van der Waals surface area contributed by atoms with Crippen LogP contribution in [0.1, 0.15) is 0 Å². The van der Waals surface area contributed by atoms with Crippen molar-refractivity contribution in [3.63, 3.8) is 0 Å². The molecule has 0 saturated heterocycles. The molecule has 1 amide bonds. The number of anilines is 1. The van der Waals surface area contributed by atoms with Crippen LogP contribution in [0.15, 0.2) is 24.3 Å². The molecule has 1 N–H and O–H groups in total. The second-order valence-electron chi connectivity index (χ2n) is 3.79.